The average molecular weight is 310 g/mol. The molecule has 1 N–H and O–H groups in total. The number of para-hydroxylation sites is 1. The zero-order valence-electron chi connectivity index (χ0n) is 13.2. The zero-order chi connectivity index (χ0) is 15.9. The van der Waals surface area contributed by atoms with Crippen molar-refractivity contribution in [2.45, 2.75) is 12.5 Å². The third-order valence-electron chi connectivity index (χ3n) is 4.05. The molecular formula is C19H22N2O2. The molecule has 1 aliphatic rings. The number of amides is 1. The molecule has 1 heterocycles. The summed E-state index contributed by atoms with van der Waals surface area (Å²) in [4.78, 5) is 14.4. The molecule has 1 fully saturated rings. The van der Waals surface area contributed by atoms with Crippen LogP contribution in [-0.4, -0.2) is 38.3 Å². The van der Waals surface area contributed by atoms with Crippen molar-refractivity contribution in [3.05, 3.63) is 66.2 Å². The topological polar surface area (TPSA) is 41.6 Å². The maximum atomic E-state index is 12.0. The molecule has 0 saturated carbocycles. The largest absolute Gasteiger partial charge is 0.374 e. The second-order valence-electron chi connectivity index (χ2n) is 5.68. The lowest BCUT2D eigenvalue weighted by Crippen LogP contribution is -2.43. The van der Waals surface area contributed by atoms with Gasteiger partial charge in [0.1, 0.15) is 0 Å². The lowest BCUT2D eigenvalue weighted by Gasteiger charge is -2.34. The van der Waals surface area contributed by atoms with Crippen molar-refractivity contribution >= 4 is 11.6 Å². The van der Waals surface area contributed by atoms with Crippen molar-refractivity contribution in [2.24, 2.45) is 0 Å². The molecule has 1 amide bonds. The van der Waals surface area contributed by atoms with Gasteiger partial charge in [0.15, 0.2) is 0 Å². The third-order valence-corrected chi connectivity index (χ3v) is 4.05. The lowest BCUT2D eigenvalue weighted by molar-refractivity contribution is 0.0354. The van der Waals surface area contributed by atoms with Crippen LogP contribution >= 0.6 is 0 Å². The van der Waals surface area contributed by atoms with E-state index >= 15 is 0 Å². The van der Waals surface area contributed by atoms with Crippen LogP contribution < -0.4 is 10.2 Å². The van der Waals surface area contributed by atoms with Crippen LogP contribution in [0.4, 0.5) is 5.69 Å². The molecule has 0 aliphatic carbocycles. The van der Waals surface area contributed by atoms with Gasteiger partial charge >= 0.3 is 0 Å². The molecule has 0 spiro atoms. The van der Waals surface area contributed by atoms with Crippen LogP contribution in [0.25, 0.3) is 0 Å². The summed E-state index contributed by atoms with van der Waals surface area (Å²) in [6, 6.07) is 19.7. The Balaban J connectivity index is 1.46. The number of anilines is 1. The van der Waals surface area contributed by atoms with Crippen LogP contribution in [0.15, 0.2) is 60.7 Å². The molecule has 0 aromatic heterocycles. The highest BCUT2D eigenvalue weighted by Gasteiger charge is 2.20. The predicted molar refractivity (Wildman–Crippen MR) is 91.8 cm³/mol. The molecular weight excluding hydrogens is 288 g/mol. The first kappa shape index (κ1) is 15.6. The van der Waals surface area contributed by atoms with E-state index < -0.39 is 0 Å². The number of nitrogens with one attached hydrogen (secondary N) is 1. The fraction of sp³-hybridized carbons (Fsp3) is 0.316. The van der Waals surface area contributed by atoms with Crippen molar-refractivity contribution in [2.75, 3.05) is 31.1 Å². The number of hydrogen-bond donors (Lipinski definition) is 1. The summed E-state index contributed by atoms with van der Waals surface area (Å²) in [6.07, 6.45) is 0.974. The summed E-state index contributed by atoms with van der Waals surface area (Å²) < 4.78 is 5.82. The second-order valence-corrected chi connectivity index (χ2v) is 5.68. The zero-order valence-corrected chi connectivity index (χ0v) is 13.2. The number of ether oxygens (including phenoxy) is 1. The van der Waals surface area contributed by atoms with E-state index in [2.05, 4.69) is 34.5 Å². The molecule has 2 aromatic carbocycles. The van der Waals surface area contributed by atoms with E-state index in [9.17, 15) is 4.79 Å². The molecule has 120 valence electrons. The van der Waals surface area contributed by atoms with Gasteiger partial charge < -0.3 is 15.0 Å². The van der Waals surface area contributed by atoms with Crippen LogP contribution in [-0.2, 0) is 4.74 Å². The first-order valence-corrected chi connectivity index (χ1v) is 8.08. The Hall–Kier alpha value is -2.33. The normalized spacial score (nSPS) is 17.7. The van der Waals surface area contributed by atoms with E-state index in [1.54, 1.807) is 0 Å². The van der Waals surface area contributed by atoms with E-state index in [1.165, 1.54) is 5.69 Å². The van der Waals surface area contributed by atoms with E-state index in [0.717, 1.165) is 26.1 Å². The molecule has 4 heteroatoms. The second kappa shape index (κ2) is 7.79. The summed E-state index contributed by atoms with van der Waals surface area (Å²) >= 11 is 0. The molecule has 2 aromatic rings. The van der Waals surface area contributed by atoms with Crippen LogP contribution in [0.2, 0.25) is 0 Å². The van der Waals surface area contributed by atoms with Crippen LogP contribution in [0, 0.1) is 0 Å². The first-order chi connectivity index (χ1) is 11.3. The van der Waals surface area contributed by atoms with E-state index in [0.29, 0.717) is 12.1 Å². The van der Waals surface area contributed by atoms with Gasteiger partial charge in [-0.15, -0.1) is 0 Å². The Morgan fingerprint density at radius 2 is 1.78 bits per heavy atom. The number of morpholine rings is 1. The summed E-state index contributed by atoms with van der Waals surface area (Å²) in [5, 5.41) is 2.96. The molecule has 1 saturated heterocycles. The SMILES string of the molecule is O=C(NCCC1CN(c2ccccc2)CCO1)c1ccccc1. The van der Waals surface area contributed by atoms with Gasteiger partial charge in [-0.05, 0) is 30.7 Å². The van der Waals surface area contributed by atoms with E-state index in [1.807, 2.05) is 36.4 Å². The Labute approximate surface area is 137 Å². The highest BCUT2D eigenvalue weighted by Crippen LogP contribution is 2.18. The summed E-state index contributed by atoms with van der Waals surface area (Å²) in [5.74, 6) is -0.0266. The monoisotopic (exact) mass is 310 g/mol. The van der Waals surface area contributed by atoms with Gasteiger partial charge in [0, 0.05) is 30.9 Å². The summed E-state index contributed by atoms with van der Waals surface area (Å²) in [6.45, 7) is 3.13. The smallest absolute Gasteiger partial charge is 0.251 e. The lowest BCUT2D eigenvalue weighted by atomic mass is 10.1. The Morgan fingerprint density at radius 1 is 1.09 bits per heavy atom. The highest BCUT2D eigenvalue weighted by molar-refractivity contribution is 5.94. The van der Waals surface area contributed by atoms with Gasteiger partial charge in [0.25, 0.3) is 5.91 Å². The van der Waals surface area contributed by atoms with Crippen LogP contribution in [0.5, 0.6) is 0 Å². The summed E-state index contributed by atoms with van der Waals surface area (Å²) in [7, 11) is 0. The van der Waals surface area contributed by atoms with Gasteiger partial charge in [-0.25, -0.2) is 0 Å². The number of carbonyl (C=O) groups excluding carboxylic acids is 1. The van der Waals surface area contributed by atoms with Crippen molar-refractivity contribution in [1.82, 2.24) is 5.32 Å². The maximum absolute atomic E-state index is 12.0. The number of rotatable bonds is 5. The average Bonchev–Trinajstić information content (AvgIpc) is 2.63. The van der Waals surface area contributed by atoms with Gasteiger partial charge in [0.2, 0.25) is 0 Å². The van der Waals surface area contributed by atoms with Crippen LogP contribution in [0.3, 0.4) is 0 Å². The number of nitrogens with zero attached hydrogens (tertiary/aromatic N) is 1. The van der Waals surface area contributed by atoms with E-state index in [4.69, 9.17) is 4.74 Å². The first-order valence-electron chi connectivity index (χ1n) is 8.08. The van der Waals surface area contributed by atoms with Crippen molar-refractivity contribution in [1.29, 1.82) is 0 Å². The molecule has 23 heavy (non-hydrogen) atoms. The van der Waals surface area contributed by atoms with Gasteiger partial charge in [-0.1, -0.05) is 36.4 Å². The van der Waals surface area contributed by atoms with Gasteiger partial charge in [-0.2, -0.15) is 0 Å². The minimum atomic E-state index is -0.0266. The molecule has 4 nitrogen and oxygen atoms in total. The van der Waals surface area contributed by atoms with Crippen molar-refractivity contribution in [3.8, 4) is 0 Å². The molecule has 1 aliphatic heterocycles. The minimum Gasteiger partial charge on any atom is -0.374 e. The number of hydrogen-bond acceptors (Lipinski definition) is 3. The number of benzene rings is 2. The molecule has 0 bridgehead atoms. The van der Waals surface area contributed by atoms with Crippen molar-refractivity contribution in [3.63, 3.8) is 0 Å². The standard InChI is InChI=1S/C19H22N2O2/c22-19(16-7-3-1-4-8-16)20-12-11-18-15-21(13-14-23-18)17-9-5-2-6-10-17/h1-10,18H,11-15H2,(H,20,22). The van der Waals surface area contributed by atoms with Gasteiger partial charge in [-0.3, -0.25) is 4.79 Å². The van der Waals surface area contributed by atoms with Crippen molar-refractivity contribution < 1.29 is 9.53 Å². The Bertz CT molecular complexity index is 616. The fourth-order valence-electron chi connectivity index (χ4n) is 2.81. The third kappa shape index (κ3) is 4.33. The molecule has 1 atom stereocenters. The number of carbonyl (C=O) groups is 1. The molecule has 3 rings (SSSR count). The minimum absolute atomic E-state index is 0.0266. The van der Waals surface area contributed by atoms with Gasteiger partial charge in [0.05, 0.1) is 12.7 Å². The summed E-state index contributed by atoms with van der Waals surface area (Å²) in [5.41, 5.74) is 1.93. The molecule has 0 radical (unpaired) electrons. The Kier molecular flexibility index (Phi) is 5.27. The quantitative estimate of drug-likeness (QED) is 0.923. The molecule has 1 unspecified atom stereocenters. The van der Waals surface area contributed by atoms with E-state index in [-0.39, 0.29) is 12.0 Å². The Morgan fingerprint density at radius 3 is 2.52 bits per heavy atom. The maximum Gasteiger partial charge on any atom is 0.251 e. The highest BCUT2D eigenvalue weighted by atomic mass is 16.5. The fourth-order valence-corrected chi connectivity index (χ4v) is 2.81. The predicted octanol–water partition coefficient (Wildman–Crippen LogP) is 2.71. The van der Waals surface area contributed by atoms with Crippen LogP contribution in [0.1, 0.15) is 16.8 Å².